The second kappa shape index (κ2) is 11.5. The maximum Gasteiger partial charge on any atom is 0.119 e. The Morgan fingerprint density at radius 2 is 1.85 bits per heavy atom. The summed E-state index contributed by atoms with van der Waals surface area (Å²) in [5, 5.41) is 28.3. The average molecular weight is 387 g/mol. The second-order valence-electron chi connectivity index (χ2n) is 6.19. The molecular formula is C21H26N2O3S. The van der Waals surface area contributed by atoms with E-state index >= 15 is 0 Å². The Hall–Kier alpha value is -2.20. The average Bonchev–Trinajstić information content (AvgIpc) is 2.70. The van der Waals surface area contributed by atoms with E-state index in [1.807, 2.05) is 12.1 Å². The molecule has 0 radical (unpaired) electrons. The van der Waals surface area contributed by atoms with E-state index in [0.717, 1.165) is 30.2 Å². The van der Waals surface area contributed by atoms with Crippen LogP contribution in [0.1, 0.15) is 18.9 Å². The number of benzene rings is 2. The third-order valence-corrected chi connectivity index (χ3v) is 5.16. The van der Waals surface area contributed by atoms with Gasteiger partial charge in [0.05, 0.1) is 11.6 Å². The van der Waals surface area contributed by atoms with E-state index in [0.29, 0.717) is 17.9 Å². The van der Waals surface area contributed by atoms with Crippen LogP contribution < -0.4 is 4.74 Å². The van der Waals surface area contributed by atoms with Crippen molar-refractivity contribution in [1.29, 1.82) is 5.26 Å². The fourth-order valence-electron chi connectivity index (χ4n) is 2.57. The summed E-state index contributed by atoms with van der Waals surface area (Å²) in [4.78, 5) is 3.36. The molecule has 144 valence electrons. The van der Waals surface area contributed by atoms with Crippen molar-refractivity contribution in [2.24, 2.45) is 0 Å². The van der Waals surface area contributed by atoms with Crippen LogP contribution in [0.25, 0.3) is 0 Å². The van der Waals surface area contributed by atoms with Gasteiger partial charge in [-0.25, -0.2) is 0 Å². The summed E-state index contributed by atoms with van der Waals surface area (Å²) >= 11 is 1.76. The van der Waals surface area contributed by atoms with Gasteiger partial charge in [-0.3, -0.25) is 0 Å². The van der Waals surface area contributed by atoms with Gasteiger partial charge in [-0.2, -0.15) is 5.26 Å². The standard InChI is InChI=1S/C21H26N2O3S/c1-2-23(12-3-13-27-21-10-6-18(24)7-11-21)15-19(25)16-26-20-8-4-17(14-22)5-9-20/h4-11,19,24-25H,2-3,12-13,15-16H2,1H3. The SMILES string of the molecule is CCN(CCCSc1ccc(O)cc1)CC(O)COc1ccc(C#N)cc1. The van der Waals surface area contributed by atoms with Crippen molar-refractivity contribution in [3.63, 3.8) is 0 Å². The number of phenols is 1. The highest BCUT2D eigenvalue weighted by Gasteiger charge is 2.11. The summed E-state index contributed by atoms with van der Waals surface area (Å²) in [5.41, 5.74) is 0.588. The Kier molecular flexibility index (Phi) is 8.99. The molecule has 0 aliphatic carbocycles. The van der Waals surface area contributed by atoms with E-state index in [2.05, 4.69) is 17.9 Å². The van der Waals surface area contributed by atoms with Gasteiger partial charge in [0.2, 0.25) is 0 Å². The number of rotatable bonds is 11. The lowest BCUT2D eigenvalue weighted by Crippen LogP contribution is -2.36. The van der Waals surface area contributed by atoms with Crippen LogP contribution in [0.4, 0.5) is 0 Å². The zero-order chi connectivity index (χ0) is 19.5. The highest BCUT2D eigenvalue weighted by Crippen LogP contribution is 2.21. The normalized spacial score (nSPS) is 11.9. The third-order valence-electron chi connectivity index (χ3n) is 4.07. The molecule has 0 amide bonds. The summed E-state index contributed by atoms with van der Waals surface area (Å²) in [6.07, 6.45) is 0.452. The molecule has 0 bridgehead atoms. The summed E-state index contributed by atoms with van der Waals surface area (Å²) in [6, 6.07) is 16.2. The third kappa shape index (κ3) is 7.92. The molecule has 2 aromatic rings. The van der Waals surface area contributed by atoms with Crippen LogP contribution >= 0.6 is 11.8 Å². The van der Waals surface area contributed by atoms with Gasteiger partial charge in [-0.1, -0.05) is 6.92 Å². The highest BCUT2D eigenvalue weighted by atomic mass is 32.2. The molecule has 2 aromatic carbocycles. The highest BCUT2D eigenvalue weighted by molar-refractivity contribution is 7.99. The minimum atomic E-state index is -0.564. The minimum absolute atomic E-state index is 0.227. The van der Waals surface area contributed by atoms with Gasteiger partial charge in [0.1, 0.15) is 24.2 Å². The lowest BCUT2D eigenvalue weighted by Gasteiger charge is -2.23. The number of nitriles is 1. The van der Waals surface area contributed by atoms with Gasteiger partial charge in [-0.15, -0.1) is 11.8 Å². The predicted molar refractivity (Wildman–Crippen MR) is 108 cm³/mol. The van der Waals surface area contributed by atoms with Crippen LogP contribution in [0.5, 0.6) is 11.5 Å². The molecule has 0 heterocycles. The number of aromatic hydroxyl groups is 1. The Morgan fingerprint density at radius 3 is 2.48 bits per heavy atom. The number of hydrogen-bond acceptors (Lipinski definition) is 6. The predicted octanol–water partition coefficient (Wildman–Crippen LogP) is 3.51. The monoisotopic (exact) mass is 386 g/mol. The number of aliphatic hydroxyl groups excluding tert-OH is 1. The molecule has 1 unspecified atom stereocenters. The molecule has 0 aliphatic heterocycles. The van der Waals surface area contributed by atoms with Crippen molar-refractivity contribution in [1.82, 2.24) is 4.90 Å². The number of aliphatic hydroxyl groups is 1. The zero-order valence-corrected chi connectivity index (χ0v) is 16.4. The second-order valence-corrected chi connectivity index (χ2v) is 7.36. The molecule has 1 atom stereocenters. The van der Waals surface area contributed by atoms with E-state index in [1.165, 1.54) is 0 Å². The zero-order valence-electron chi connectivity index (χ0n) is 15.5. The van der Waals surface area contributed by atoms with Gasteiger partial charge in [-0.05, 0) is 73.8 Å². The number of phenolic OH excluding ortho intramolecular Hbond substituents is 1. The summed E-state index contributed by atoms with van der Waals surface area (Å²) < 4.78 is 5.60. The summed E-state index contributed by atoms with van der Waals surface area (Å²) in [5.74, 6) is 1.93. The van der Waals surface area contributed by atoms with Crippen LogP contribution in [0.3, 0.4) is 0 Å². The fourth-order valence-corrected chi connectivity index (χ4v) is 3.41. The Bertz CT molecular complexity index is 714. The molecule has 2 rings (SSSR count). The van der Waals surface area contributed by atoms with Crippen molar-refractivity contribution >= 4 is 11.8 Å². The van der Waals surface area contributed by atoms with Gasteiger partial charge in [0, 0.05) is 11.4 Å². The first-order valence-corrected chi connectivity index (χ1v) is 10.0. The first-order valence-electron chi connectivity index (χ1n) is 9.06. The number of thioether (sulfide) groups is 1. The molecule has 27 heavy (non-hydrogen) atoms. The molecule has 2 N–H and O–H groups in total. The van der Waals surface area contributed by atoms with Crippen molar-refractivity contribution in [2.45, 2.75) is 24.3 Å². The topological polar surface area (TPSA) is 76.7 Å². The van der Waals surface area contributed by atoms with Crippen molar-refractivity contribution < 1.29 is 14.9 Å². The Labute approximate surface area is 165 Å². The summed E-state index contributed by atoms with van der Waals surface area (Å²) in [6.45, 7) is 4.66. The molecule has 0 fully saturated rings. The van der Waals surface area contributed by atoms with E-state index < -0.39 is 6.10 Å². The van der Waals surface area contributed by atoms with Gasteiger partial charge < -0.3 is 19.8 Å². The fraction of sp³-hybridized carbons (Fsp3) is 0.381. The van der Waals surface area contributed by atoms with E-state index in [9.17, 15) is 10.2 Å². The number of ether oxygens (including phenoxy) is 1. The van der Waals surface area contributed by atoms with Crippen molar-refractivity contribution in [2.75, 3.05) is 32.0 Å². The van der Waals surface area contributed by atoms with Crippen molar-refractivity contribution in [3.05, 3.63) is 54.1 Å². The largest absolute Gasteiger partial charge is 0.508 e. The molecule has 0 aliphatic rings. The molecule has 0 spiro atoms. The lowest BCUT2D eigenvalue weighted by atomic mass is 10.2. The molecule has 6 heteroatoms. The van der Waals surface area contributed by atoms with Gasteiger partial charge in [0.15, 0.2) is 0 Å². The van der Waals surface area contributed by atoms with Crippen LogP contribution in [-0.4, -0.2) is 53.2 Å². The van der Waals surface area contributed by atoms with E-state index in [-0.39, 0.29) is 12.4 Å². The smallest absolute Gasteiger partial charge is 0.119 e. The Balaban J connectivity index is 1.65. The van der Waals surface area contributed by atoms with Crippen molar-refractivity contribution in [3.8, 4) is 17.6 Å². The van der Waals surface area contributed by atoms with Crippen LogP contribution in [0.15, 0.2) is 53.4 Å². The van der Waals surface area contributed by atoms with E-state index in [1.54, 1.807) is 48.2 Å². The van der Waals surface area contributed by atoms with Crippen LogP contribution in [-0.2, 0) is 0 Å². The maximum atomic E-state index is 10.2. The number of hydrogen-bond donors (Lipinski definition) is 2. The molecule has 5 nitrogen and oxygen atoms in total. The van der Waals surface area contributed by atoms with Gasteiger partial charge >= 0.3 is 0 Å². The number of nitrogens with zero attached hydrogens (tertiary/aromatic N) is 2. The van der Waals surface area contributed by atoms with Gasteiger partial charge in [0.25, 0.3) is 0 Å². The molecule has 0 saturated carbocycles. The van der Waals surface area contributed by atoms with E-state index in [4.69, 9.17) is 10.00 Å². The molecule has 0 saturated heterocycles. The first kappa shape index (κ1) is 21.1. The first-order chi connectivity index (χ1) is 13.1. The quantitative estimate of drug-likeness (QED) is 0.455. The summed E-state index contributed by atoms with van der Waals surface area (Å²) in [7, 11) is 0. The maximum absolute atomic E-state index is 10.2. The molecular weight excluding hydrogens is 360 g/mol. The number of likely N-dealkylation sites (N-methyl/N-ethyl adjacent to an activating group) is 1. The Morgan fingerprint density at radius 1 is 1.15 bits per heavy atom. The minimum Gasteiger partial charge on any atom is -0.508 e. The van der Waals surface area contributed by atoms with Crippen LogP contribution in [0, 0.1) is 11.3 Å². The lowest BCUT2D eigenvalue weighted by molar-refractivity contribution is 0.0700. The molecule has 0 aromatic heterocycles. The van der Waals surface area contributed by atoms with Crippen LogP contribution in [0.2, 0.25) is 0 Å².